The highest BCUT2D eigenvalue weighted by atomic mass is 16.4. The number of aliphatic carboxylic acids is 1. The summed E-state index contributed by atoms with van der Waals surface area (Å²) < 4.78 is 0. The van der Waals surface area contributed by atoms with Crippen LogP contribution in [-0.4, -0.2) is 46.3 Å². The molecule has 1 saturated carbocycles. The zero-order chi connectivity index (χ0) is 13.2. The maximum absolute atomic E-state index is 10.9. The third kappa shape index (κ3) is 3.04. The van der Waals surface area contributed by atoms with Crippen molar-refractivity contribution in [2.75, 3.05) is 19.6 Å². The van der Waals surface area contributed by atoms with Crippen LogP contribution >= 0.6 is 0 Å². The van der Waals surface area contributed by atoms with Crippen LogP contribution in [0.5, 0.6) is 0 Å². The number of carboxylic acid groups (broad SMARTS) is 1. The molecule has 1 spiro atoms. The zero-order valence-electron chi connectivity index (χ0n) is 11.3. The number of β-amino-alcohol motifs (C(OH)–C–C–N with tert-alkyl or cyclic N) is 1. The van der Waals surface area contributed by atoms with Gasteiger partial charge in [-0.3, -0.25) is 4.90 Å². The van der Waals surface area contributed by atoms with Gasteiger partial charge in [-0.2, -0.15) is 0 Å². The van der Waals surface area contributed by atoms with Gasteiger partial charge in [0.15, 0.2) is 5.60 Å². The molecule has 1 aliphatic heterocycles. The first-order chi connectivity index (χ1) is 8.44. The maximum Gasteiger partial charge on any atom is 0.336 e. The molecule has 4 heteroatoms. The lowest BCUT2D eigenvalue weighted by atomic mass is 9.68. The number of carbonyl (C=O) groups is 1. The Labute approximate surface area is 109 Å². The maximum atomic E-state index is 10.9. The highest BCUT2D eigenvalue weighted by molar-refractivity contribution is 5.76. The molecule has 1 heterocycles. The first-order valence-corrected chi connectivity index (χ1v) is 7.12. The Morgan fingerprint density at radius 2 is 1.72 bits per heavy atom. The van der Waals surface area contributed by atoms with E-state index in [0.717, 1.165) is 13.1 Å². The van der Waals surface area contributed by atoms with Gasteiger partial charge in [-0.25, -0.2) is 4.79 Å². The summed E-state index contributed by atoms with van der Waals surface area (Å²) in [5, 5.41) is 18.7. The number of carboxylic acids is 1. The number of piperidine rings is 1. The molecular weight excluding hydrogens is 230 g/mol. The molecule has 2 N–H and O–H groups in total. The lowest BCUT2D eigenvalue weighted by Crippen LogP contribution is -2.50. The van der Waals surface area contributed by atoms with Gasteiger partial charge in [0.2, 0.25) is 0 Å². The molecule has 0 aromatic heterocycles. The number of hydrogen-bond donors (Lipinski definition) is 2. The second kappa shape index (κ2) is 5.17. The van der Waals surface area contributed by atoms with E-state index >= 15 is 0 Å². The monoisotopic (exact) mass is 255 g/mol. The summed E-state index contributed by atoms with van der Waals surface area (Å²) in [4.78, 5) is 13.0. The highest BCUT2D eigenvalue weighted by Gasteiger charge is 2.38. The van der Waals surface area contributed by atoms with Crippen molar-refractivity contribution in [1.82, 2.24) is 4.90 Å². The van der Waals surface area contributed by atoms with Crippen molar-refractivity contribution in [1.29, 1.82) is 0 Å². The van der Waals surface area contributed by atoms with Crippen LogP contribution in [0.3, 0.4) is 0 Å². The Morgan fingerprint density at radius 1 is 1.17 bits per heavy atom. The summed E-state index contributed by atoms with van der Waals surface area (Å²) >= 11 is 0. The van der Waals surface area contributed by atoms with Crippen LogP contribution in [0.4, 0.5) is 0 Å². The predicted octanol–water partition coefficient (Wildman–Crippen LogP) is 1.87. The van der Waals surface area contributed by atoms with Gasteiger partial charge in [0.25, 0.3) is 0 Å². The standard InChI is InChI=1S/C14H25NO3/c1-13(18,12(16)17)11-15-9-7-14(8-10-15)5-3-2-4-6-14/h18H,2-11H2,1H3,(H,16,17). The van der Waals surface area contributed by atoms with Crippen LogP contribution in [0.25, 0.3) is 0 Å². The van der Waals surface area contributed by atoms with Gasteiger partial charge in [0.05, 0.1) is 0 Å². The fourth-order valence-corrected chi connectivity index (χ4v) is 3.49. The number of rotatable bonds is 3. The number of hydrogen-bond acceptors (Lipinski definition) is 3. The van der Waals surface area contributed by atoms with Gasteiger partial charge in [0.1, 0.15) is 0 Å². The summed E-state index contributed by atoms with van der Waals surface area (Å²) in [6.07, 6.45) is 9.11. The van der Waals surface area contributed by atoms with E-state index in [-0.39, 0.29) is 6.54 Å². The molecule has 4 nitrogen and oxygen atoms in total. The minimum absolute atomic E-state index is 0.248. The number of nitrogens with zero attached hydrogens (tertiary/aromatic N) is 1. The average Bonchev–Trinajstić information content (AvgIpc) is 2.33. The van der Waals surface area contributed by atoms with E-state index in [0.29, 0.717) is 5.41 Å². The molecule has 18 heavy (non-hydrogen) atoms. The molecule has 0 aromatic rings. The van der Waals surface area contributed by atoms with Crippen LogP contribution < -0.4 is 0 Å². The Bertz CT molecular complexity index is 298. The Balaban J connectivity index is 1.85. The minimum Gasteiger partial charge on any atom is -0.479 e. The van der Waals surface area contributed by atoms with Gasteiger partial charge in [-0.05, 0) is 51.1 Å². The summed E-state index contributed by atoms with van der Waals surface area (Å²) in [6.45, 7) is 3.51. The zero-order valence-corrected chi connectivity index (χ0v) is 11.3. The number of aliphatic hydroxyl groups is 1. The van der Waals surface area contributed by atoms with Gasteiger partial charge in [-0.1, -0.05) is 19.3 Å². The van der Waals surface area contributed by atoms with Crippen molar-refractivity contribution < 1.29 is 15.0 Å². The summed E-state index contributed by atoms with van der Waals surface area (Å²) in [7, 11) is 0. The van der Waals surface area contributed by atoms with E-state index in [2.05, 4.69) is 4.90 Å². The van der Waals surface area contributed by atoms with Crippen LogP contribution in [0, 0.1) is 5.41 Å². The first kappa shape index (κ1) is 13.8. The van der Waals surface area contributed by atoms with E-state index in [9.17, 15) is 9.90 Å². The fraction of sp³-hybridized carbons (Fsp3) is 0.929. The lowest BCUT2D eigenvalue weighted by molar-refractivity contribution is -0.159. The topological polar surface area (TPSA) is 60.8 Å². The minimum atomic E-state index is -1.61. The molecule has 1 atom stereocenters. The Morgan fingerprint density at radius 3 is 2.22 bits per heavy atom. The van der Waals surface area contributed by atoms with Crippen LogP contribution in [0.1, 0.15) is 51.9 Å². The Hall–Kier alpha value is -0.610. The second-order valence-electron chi connectivity index (χ2n) is 6.42. The molecule has 104 valence electrons. The van der Waals surface area contributed by atoms with Crippen molar-refractivity contribution in [3.05, 3.63) is 0 Å². The molecule has 1 saturated heterocycles. The molecule has 0 radical (unpaired) electrons. The van der Waals surface area contributed by atoms with E-state index in [1.165, 1.54) is 51.9 Å². The molecular formula is C14H25NO3. The molecule has 1 aliphatic carbocycles. The second-order valence-corrected chi connectivity index (χ2v) is 6.42. The predicted molar refractivity (Wildman–Crippen MR) is 69.5 cm³/mol. The first-order valence-electron chi connectivity index (χ1n) is 7.12. The van der Waals surface area contributed by atoms with Crippen LogP contribution in [0.2, 0.25) is 0 Å². The van der Waals surface area contributed by atoms with E-state index in [4.69, 9.17) is 5.11 Å². The fourth-order valence-electron chi connectivity index (χ4n) is 3.49. The summed E-state index contributed by atoms with van der Waals surface area (Å²) in [5.41, 5.74) is -1.08. The average molecular weight is 255 g/mol. The van der Waals surface area contributed by atoms with Gasteiger partial charge < -0.3 is 10.2 Å². The summed E-state index contributed by atoms with van der Waals surface area (Å²) in [6, 6.07) is 0. The highest BCUT2D eigenvalue weighted by Crippen LogP contribution is 2.44. The molecule has 0 aromatic carbocycles. The number of likely N-dealkylation sites (tertiary alicyclic amines) is 1. The van der Waals surface area contributed by atoms with E-state index < -0.39 is 11.6 Å². The lowest BCUT2D eigenvalue weighted by Gasteiger charge is -2.45. The largest absolute Gasteiger partial charge is 0.479 e. The third-order valence-corrected chi connectivity index (χ3v) is 4.82. The third-order valence-electron chi connectivity index (χ3n) is 4.82. The summed E-state index contributed by atoms with van der Waals surface area (Å²) in [5.74, 6) is -1.12. The van der Waals surface area contributed by atoms with Crippen LogP contribution in [0.15, 0.2) is 0 Å². The molecule has 2 rings (SSSR count). The Kier molecular flexibility index (Phi) is 3.97. The van der Waals surface area contributed by atoms with Crippen molar-refractivity contribution in [3.63, 3.8) is 0 Å². The van der Waals surface area contributed by atoms with Crippen molar-refractivity contribution in [3.8, 4) is 0 Å². The molecule has 0 bridgehead atoms. The van der Waals surface area contributed by atoms with Gasteiger partial charge >= 0.3 is 5.97 Å². The molecule has 0 amide bonds. The normalized spacial score (nSPS) is 27.9. The smallest absolute Gasteiger partial charge is 0.336 e. The van der Waals surface area contributed by atoms with Crippen molar-refractivity contribution in [2.45, 2.75) is 57.5 Å². The quantitative estimate of drug-likeness (QED) is 0.808. The van der Waals surface area contributed by atoms with E-state index in [1.807, 2.05) is 0 Å². The molecule has 1 unspecified atom stereocenters. The SMILES string of the molecule is CC(O)(CN1CCC2(CCCCC2)CC1)C(=O)O. The van der Waals surface area contributed by atoms with Crippen molar-refractivity contribution >= 4 is 5.97 Å². The van der Waals surface area contributed by atoms with Gasteiger partial charge in [0, 0.05) is 6.54 Å². The molecule has 2 fully saturated rings. The van der Waals surface area contributed by atoms with Crippen molar-refractivity contribution in [2.24, 2.45) is 5.41 Å². The molecule has 2 aliphatic rings. The van der Waals surface area contributed by atoms with E-state index in [1.54, 1.807) is 0 Å². The van der Waals surface area contributed by atoms with Crippen LogP contribution in [-0.2, 0) is 4.79 Å². The van der Waals surface area contributed by atoms with Gasteiger partial charge in [-0.15, -0.1) is 0 Å².